The van der Waals surface area contributed by atoms with E-state index in [9.17, 15) is 10.1 Å². The van der Waals surface area contributed by atoms with Crippen LogP contribution in [-0.4, -0.2) is 22.0 Å². The number of H-pyrrole nitrogens is 1. The van der Waals surface area contributed by atoms with Gasteiger partial charge in [0.2, 0.25) is 11.7 Å². The number of nitro groups is 1. The first-order chi connectivity index (χ1) is 10.2. The molecule has 0 amide bonds. The highest BCUT2D eigenvalue weighted by Crippen LogP contribution is 2.29. The van der Waals surface area contributed by atoms with E-state index in [1.807, 2.05) is 30.5 Å². The number of aromatic nitrogens is 2. The Balaban J connectivity index is 2.00. The van der Waals surface area contributed by atoms with Crippen molar-refractivity contribution < 1.29 is 9.66 Å². The van der Waals surface area contributed by atoms with Gasteiger partial charge in [-0.05, 0) is 23.6 Å². The van der Waals surface area contributed by atoms with E-state index < -0.39 is 4.92 Å². The van der Waals surface area contributed by atoms with Crippen molar-refractivity contribution in [2.45, 2.75) is 0 Å². The Hall–Kier alpha value is -3.09. The molecule has 2 heterocycles. The summed E-state index contributed by atoms with van der Waals surface area (Å²) in [7, 11) is 1.46. The summed E-state index contributed by atoms with van der Waals surface area (Å²) in [5.41, 5.74) is 1.53. The minimum atomic E-state index is -0.484. The predicted octanol–water partition coefficient (Wildman–Crippen LogP) is 3.22. The van der Waals surface area contributed by atoms with Gasteiger partial charge in [-0.2, -0.15) is 4.98 Å². The predicted molar refractivity (Wildman–Crippen MR) is 79.0 cm³/mol. The van der Waals surface area contributed by atoms with Crippen LogP contribution in [0, 0.1) is 10.1 Å². The average molecular weight is 284 g/mol. The summed E-state index contributed by atoms with van der Waals surface area (Å²) in [6.45, 7) is 0. The number of fused-ring (bicyclic) bond motifs is 1. The molecule has 0 atom stereocenters. The van der Waals surface area contributed by atoms with Crippen molar-refractivity contribution in [2.75, 3.05) is 12.4 Å². The summed E-state index contributed by atoms with van der Waals surface area (Å²) in [5, 5.41) is 15.1. The lowest BCUT2D eigenvalue weighted by Crippen LogP contribution is -2.01. The van der Waals surface area contributed by atoms with Gasteiger partial charge >= 0.3 is 5.69 Å². The summed E-state index contributed by atoms with van der Waals surface area (Å²) >= 11 is 0. The van der Waals surface area contributed by atoms with E-state index in [2.05, 4.69) is 15.3 Å². The Bertz CT molecular complexity index is 813. The van der Waals surface area contributed by atoms with Gasteiger partial charge in [-0.15, -0.1) is 0 Å². The highest BCUT2D eigenvalue weighted by Gasteiger charge is 2.16. The number of hydrogen-bond donors (Lipinski definition) is 2. The zero-order valence-electron chi connectivity index (χ0n) is 11.2. The van der Waals surface area contributed by atoms with Crippen LogP contribution in [-0.2, 0) is 0 Å². The zero-order chi connectivity index (χ0) is 14.8. The fourth-order valence-electron chi connectivity index (χ4n) is 2.05. The lowest BCUT2D eigenvalue weighted by molar-refractivity contribution is -0.384. The molecular formula is C14H12N4O3. The van der Waals surface area contributed by atoms with E-state index in [0.717, 1.165) is 10.9 Å². The van der Waals surface area contributed by atoms with Crippen molar-refractivity contribution in [3.8, 4) is 5.88 Å². The number of aromatic amines is 1. The van der Waals surface area contributed by atoms with Crippen LogP contribution in [0.1, 0.15) is 0 Å². The van der Waals surface area contributed by atoms with Crippen LogP contribution < -0.4 is 10.1 Å². The standard InChI is InChI=1S/C14H12N4O3/c1-21-13-5-4-12(18(19)20)14(17-13)16-10-3-2-9-6-7-15-11(9)8-10/h2-8,15H,1H3,(H,16,17). The van der Waals surface area contributed by atoms with E-state index >= 15 is 0 Å². The zero-order valence-corrected chi connectivity index (χ0v) is 11.2. The first-order valence-corrected chi connectivity index (χ1v) is 6.21. The molecule has 0 unspecified atom stereocenters. The molecule has 2 N–H and O–H groups in total. The molecule has 0 aliphatic rings. The summed E-state index contributed by atoms with van der Waals surface area (Å²) in [6.07, 6.45) is 1.83. The molecule has 1 aromatic carbocycles. The molecule has 106 valence electrons. The second-order valence-electron chi connectivity index (χ2n) is 4.38. The van der Waals surface area contributed by atoms with Gasteiger partial charge in [-0.3, -0.25) is 10.1 Å². The Morgan fingerprint density at radius 3 is 2.90 bits per heavy atom. The first kappa shape index (κ1) is 12.9. The van der Waals surface area contributed by atoms with Gasteiger partial charge in [-0.1, -0.05) is 6.07 Å². The lowest BCUT2D eigenvalue weighted by Gasteiger charge is -2.08. The Labute approximate surface area is 119 Å². The van der Waals surface area contributed by atoms with Crippen molar-refractivity contribution >= 4 is 28.1 Å². The van der Waals surface area contributed by atoms with Gasteiger partial charge < -0.3 is 15.0 Å². The lowest BCUT2D eigenvalue weighted by atomic mass is 10.2. The van der Waals surface area contributed by atoms with Gasteiger partial charge in [0.1, 0.15) is 0 Å². The van der Waals surface area contributed by atoms with Crippen LogP contribution in [0.2, 0.25) is 0 Å². The van der Waals surface area contributed by atoms with E-state index in [-0.39, 0.29) is 11.5 Å². The van der Waals surface area contributed by atoms with Crippen molar-refractivity contribution in [1.29, 1.82) is 0 Å². The van der Waals surface area contributed by atoms with Crippen LogP contribution >= 0.6 is 0 Å². The summed E-state index contributed by atoms with van der Waals surface area (Å²) in [6, 6.07) is 10.4. The van der Waals surface area contributed by atoms with Gasteiger partial charge in [0, 0.05) is 29.5 Å². The van der Waals surface area contributed by atoms with Crippen molar-refractivity contribution in [2.24, 2.45) is 0 Å². The third-order valence-corrected chi connectivity index (χ3v) is 3.07. The number of methoxy groups -OCH3 is 1. The normalized spacial score (nSPS) is 10.5. The minimum Gasteiger partial charge on any atom is -0.481 e. The van der Waals surface area contributed by atoms with Crippen molar-refractivity contribution in [3.63, 3.8) is 0 Å². The van der Waals surface area contributed by atoms with E-state index in [0.29, 0.717) is 11.6 Å². The highest BCUT2D eigenvalue weighted by molar-refractivity contribution is 5.84. The van der Waals surface area contributed by atoms with Crippen molar-refractivity contribution in [1.82, 2.24) is 9.97 Å². The second-order valence-corrected chi connectivity index (χ2v) is 4.38. The molecule has 2 aromatic heterocycles. The Morgan fingerprint density at radius 1 is 1.29 bits per heavy atom. The maximum absolute atomic E-state index is 11.1. The first-order valence-electron chi connectivity index (χ1n) is 6.21. The number of ether oxygens (including phenoxy) is 1. The molecule has 0 aliphatic heterocycles. The molecule has 7 heteroatoms. The van der Waals surface area contributed by atoms with Gasteiger partial charge in [0.05, 0.1) is 12.0 Å². The molecule has 0 spiro atoms. The fraction of sp³-hybridized carbons (Fsp3) is 0.0714. The molecule has 3 rings (SSSR count). The average Bonchev–Trinajstić information content (AvgIpc) is 2.94. The fourth-order valence-corrected chi connectivity index (χ4v) is 2.05. The summed E-state index contributed by atoms with van der Waals surface area (Å²) < 4.78 is 5.01. The Morgan fingerprint density at radius 2 is 2.14 bits per heavy atom. The number of nitrogens with one attached hydrogen (secondary N) is 2. The van der Waals surface area contributed by atoms with Crippen LogP contribution in [0.4, 0.5) is 17.2 Å². The number of nitrogens with zero attached hydrogens (tertiary/aromatic N) is 2. The highest BCUT2D eigenvalue weighted by atomic mass is 16.6. The molecule has 0 saturated carbocycles. The smallest absolute Gasteiger partial charge is 0.311 e. The van der Waals surface area contributed by atoms with Crippen molar-refractivity contribution in [3.05, 3.63) is 52.7 Å². The van der Waals surface area contributed by atoms with E-state index in [1.54, 1.807) is 0 Å². The Kier molecular flexibility index (Phi) is 3.15. The van der Waals surface area contributed by atoms with Crippen LogP contribution in [0.15, 0.2) is 42.6 Å². The summed E-state index contributed by atoms with van der Waals surface area (Å²) in [5.74, 6) is 0.453. The third kappa shape index (κ3) is 2.48. The minimum absolute atomic E-state index is 0.109. The van der Waals surface area contributed by atoms with Crippen LogP contribution in [0.3, 0.4) is 0 Å². The molecule has 0 bridgehead atoms. The summed E-state index contributed by atoms with van der Waals surface area (Å²) in [4.78, 5) is 17.8. The molecule has 0 radical (unpaired) electrons. The molecule has 0 fully saturated rings. The number of pyridine rings is 1. The maximum atomic E-state index is 11.1. The molecular weight excluding hydrogens is 272 g/mol. The van der Waals surface area contributed by atoms with Gasteiger partial charge in [-0.25, -0.2) is 0 Å². The molecule has 21 heavy (non-hydrogen) atoms. The molecule has 3 aromatic rings. The largest absolute Gasteiger partial charge is 0.481 e. The SMILES string of the molecule is COc1ccc([N+](=O)[O-])c(Nc2ccc3cc[nH]c3c2)n1. The monoisotopic (exact) mass is 284 g/mol. The van der Waals surface area contributed by atoms with Crippen LogP contribution in [0.5, 0.6) is 5.88 Å². The molecule has 0 saturated heterocycles. The number of benzene rings is 1. The molecule has 0 aliphatic carbocycles. The number of anilines is 2. The van der Waals surface area contributed by atoms with Gasteiger partial charge in [0.15, 0.2) is 0 Å². The van der Waals surface area contributed by atoms with E-state index in [1.165, 1.54) is 19.2 Å². The number of rotatable bonds is 4. The maximum Gasteiger partial charge on any atom is 0.311 e. The van der Waals surface area contributed by atoms with E-state index in [4.69, 9.17) is 4.74 Å². The number of hydrogen-bond acceptors (Lipinski definition) is 5. The second kappa shape index (κ2) is 5.12. The van der Waals surface area contributed by atoms with Gasteiger partial charge in [0.25, 0.3) is 0 Å². The third-order valence-electron chi connectivity index (χ3n) is 3.07. The quantitative estimate of drug-likeness (QED) is 0.566. The molecule has 7 nitrogen and oxygen atoms in total. The van der Waals surface area contributed by atoms with Crippen LogP contribution in [0.25, 0.3) is 10.9 Å². The topological polar surface area (TPSA) is 93.1 Å².